The van der Waals surface area contributed by atoms with Crippen LogP contribution < -0.4 is 5.32 Å². The van der Waals surface area contributed by atoms with E-state index in [9.17, 15) is 14.0 Å². The van der Waals surface area contributed by atoms with Crippen LogP contribution in [0.2, 0.25) is 0 Å². The molecule has 0 radical (unpaired) electrons. The molecule has 218 valence electrons. The highest BCUT2D eigenvalue weighted by atomic mass is 19.1. The monoisotopic (exact) mass is 570 g/mol. The van der Waals surface area contributed by atoms with E-state index in [2.05, 4.69) is 20.4 Å². The molecule has 42 heavy (non-hydrogen) atoms. The molecule has 0 aliphatic carbocycles. The van der Waals surface area contributed by atoms with E-state index in [4.69, 9.17) is 9.26 Å². The Bertz CT molecular complexity index is 1530. The number of carbonyl (C=O) groups excluding carboxylic acids is 2. The van der Waals surface area contributed by atoms with Gasteiger partial charge in [-0.15, -0.1) is 0 Å². The van der Waals surface area contributed by atoms with Crippen LogP contribution in [0.4, 0.5) is 4.39 Å². The highest BCUT2D eigenvalue weighted by Crippen LogP contribution is 2.35. The van der Waals surface area contributed by atoms with Crippen molar-refractivity contribution in [3.05, 3.63) is 84.2 Å². The Morgan fingerprint density at radius 1 is 1.00 bits per heavy atom. The number of carbonyl (C=O) groups is 2. The fourth-order valence-corrected chi connectivity index (χ4v) is 5.26. The smallest absolute Gasteiger partial charge is 0.321 e. The first-order valence-corrected chi connectivity index (χ1v) is 14.3. The van der Waals surface area contributed by atoms with Crippen LogP contribution in [-0.4, -0.2) is 52.7 Å². The summed E-state index contributed by atoms with van der Waals surface area (Å²) in [6.07, 6.45) is 0.808. The van der Waals surface area contributed by atoms with Gasteiger partial charge < -0.3 is 14.6 Å². The van der Waals surface area contributed by atoms with E-state index in [1.807, 2.05) is 68.4 Å². The van der Waals surface area contributed by atoms with Crippen LogP contribution in [0.5, 0.6) is 0 Å². The standard InChI is InChI=1S/C33H35FN4O4/c1-4-41-32(40)33(31(39)35-22(2)3)16-18-38(19-17-33)21-23-10-12-25(13-11-23)29-36-30(42-37-29)26-14-15-27(28(34)20-26)24-8-6-5-7-9-24/h5-15,20,22H,4,16-19,21H2,1-3H3,(H,35,39). The first-order valence-electron chi connectivity index (χ1n) is 14.3. The Balaban J connectivity index is 1.22. The highest BCUT2D eigenvalue weighted by Gasteiger charge is 2.49. The first kappa shape index (κ1) is 29.1. The highest BCUT2D eigenvalue weighted by molar-refractivity contribution is 6.03. The quantitative estimate of drug-likeness (QED) is 0.198. The number of hydrogen-bond donors (Lipinski definition) is 1. The summed E-state index contributed by atoms with van der Waals surface area (Å²) in [5.74, 6) is -0.402. The summed E-state index contributed by atoms with van der Waals surface area (Å²) in [4.78, 5) is 32.5. The van der Waals surface area contributed by atoms with E-state index in [0.29, 0.717) is 49.4 Å². The Kier molecular flexibility index (Phi) is 8.77. The van der Waals surface area contributed by atoms with Gasteiger partial charge in [0.1, 0.15) is 11.2 Å². The van der Waals surface area contributed by atoms with Crippen LogP contribution in [0.15, 0.2) is 77.3 Å². The molecule has 8 nitrogen and oxygen atoms in total. The average molecular weight is 571 g/mol. The van der Waals surface area contributed by atoms with Crippen LogP contribution in [0, 0.1) is 11.2 Å². The molecule has 2 heterocycles. The number of halogens is 1. The molecule has 1 aliphatic rings. The number of likely N-dealkylation sites (tertiary alicyclic amines) is 1. The summed E-state index contributed by atoms with van der Waals surface area (Å²) in [5, 5.41) is 7.01. The number of rotatable bonds is 9. The number of esters is 1. The maximum absolute atomic E-state index is 14.9. The Hall–Kier alpha value is -4.37. The predicted molar refractivity (Wildman–Crippen MR) is 157 cm³/mol. The maximum atomic E-state index is 14.9. The van der Waals surface area contributed by atoms with Crippen LogP contribution in [0.1, 0.15) is 39.2 Å². The molecule has 1 N–H and O–H groups in total. The third-order valence-corrected chi connectivity index (χ3v) is 7.58. The minimum atomic E-state index is -1.15. The molecule has 1 saturated heterocycles. The van der Waals surface area contributed by atoms with Gasteiger partial charge in [0.15, 0.2) is 0 Å². The van der Waals surface area contributed by atoms with E-state index in [-0.39, 0.29) is 30.3 Å². The first-order chi connectivity index (χ1) is 20.3. The molecule has 0 saturated carbocycles. The molecule has 1 aliphatic heterocycles. The van der Waals surface area contributed by atoms with Crippen molar-refractivity contribution in [3.8, 4) is 34.0 Å². The Morgan fingerprint density at radius 3 is 2.33 bits per heavy atom. The number of nitrogens with zero attached hydrogens (tertiary/aromatic N) is 3. The van der Waals surface area contributed by atoms with Gasteiger partial charge >= 0.3 is 5.97 Å². The van der Waals surface area contributed by atoms with E-state index in [0.717, 1.165) is 16.7 Å². The minimum absolute atomic E-state index is 0.0583. The van der Waals surface area contributed by atoms with E-state index >= 15 is 0 Å². The minimum Gasteiger partial charge on any atom is -0.465 e. The summed E-state index contributed by atoms with van der Waals surface area (Å²) in [6.45, 7) is 7.63. The SMILES string of the molecule is CCOC(=O)C1(C(=O)NC(C)C)CCN(Cc2ccc(-c3noc(-c4ccc(-c5ccccc5)c(F)c4)n3)cc2)CC1. The predicted octanol–water partition coefficient (Wildman–Crippen LogP) is 5.88. The third kappa shape index (κ3) is 6.26. The summed E-state index contributed by atoms with van der Waals surface area (Å²) in [5.41, 5.74) is 2.52. The summed E-state index contributed by atoms with van der Waals surface area (Å²) in [7, 11) is 0. The van der Waals surface area contributed by atoms with Crippen LogP contribution in [0.25, 0.3) is 34.0 Å². The number of benzene rings is 3. The Labute approximate surface area is 244 Å². The van der Waals surface area contributed by atoms with Crippen LogP contribution >= 0.6 is 0 Å². The van der Waals surface area contributed by atoms with Gasteiger partial charge in [-0.3, -0.25) is 14.5 Å². The normalized spacial score (nSPS) is 15.0. The molecule has 0 bridgehead atoms. The zero-order chi connectivity index (χ0) is 29.7. The van der Waals surface area contributed by atoms with Gasteiger partial charge in [0.25, 0.3) is 5.89 Å². The van der Waals surface area contributed by atoms with Gasteiger partial charge in [0.05, 0.1) is 6.61 Å². The van der Waals surface area contributed by atoms with Crippen molar-refractivity contribution < 1.29 is 23.2 Å². The summed E-state index contributed by atoms with van der Waals surface area (Å²) >= 11 is 0. The molecular formula is C33H35FN4O4. The molecule has 3 aromatic carbocycles. The van der Waals surface area contributed by atoms with Gasteiger partial charge in [0.2, 0.25) is 11.7 Å². The van der Waals surface area contributed by atoms with Crippen molar-refractivity contribution in [2.24, 2.45) is 5.41 Å². The van der Waals surface area contributed by atoms with Crippen molar-refractivity contribution in [1.29, 1.82) is 0 Å². The lowest BCUT2D eigenvalue weighted by Gasteiger charge is -2.39. The van der Waals surface area contributed by atoms with E-state index < -0.39 is 11.4 Å². The molecule has 0 atom stereocenters. The van der Waals surface area contributed by atoms with E-state index in [1.54, 1.807) is 19.1 Å². The second-order valence-electron chi connectivity index (χ2n) is 10.9. The molecule has 1 fully saturated rings. The lowest BCUT2D eigenvalue weighted by Crippen LogP contribution is -2.54. The summed E-state index contributed by atoms with van der Waals surface area (Å²) < 4.78 is 25.6. The number of ether oxygens (including phenoxy) is 1. The molecule has 1 aromatic heterocycles. The van der Waals surface area contributed by atoms with E-state index in [1.165, 1.54) is 6.07 Å². The fraction of sp³-hybridized carbons (Fsp3) is 0.333. The van der Waals surface area contributed by atoms with Gasteiger partial charge in [0, 0.05) is 42.4 Å². The van der Waals surface area contributed by atoms with Crippen molar-refractivity contribution in [1.82, 2.24) is 20.4 Å². The second-order valence-corrected chi connectivity index (χ2v) is 10.9. The number of aromatic nitrogens is 2. The van der Waals surface area contributed by atoms with Crippen LogP contribution in [0.3, 0.4) is 0 Å². The molecule has 0 spiro atoms. The van der Waals surface area contributed by atoms with Crippen molar-refractivity contribution in [2.45, 2.75) is 46.2 Å². The van der Waals surface area contributed by atoms with Gasteiger partial charge in [-0.1, -0.05) is 65.8 Å². The fourth-order valence-electron chi connectivity index (χ4n) is 5.26. The topological polar surface area (TPSA) is 97.6 Å². The maximum Gasteiger partial charge on any atom is 0.321 e. The summed E-state index contributed by atoms with van der Waals surface area (Å²) in [6, 6.07) is 22.0. The third-order valence-electron chi connectivity index (χ3n) is 7.58. The molecule has 1 amide bonds. The molecule has 0 unspecified atom stereocenters. The number of hydrogen-bond acceptors (Lipinski definition) is 7. The van der Waals surface area contributed by atoms with Crippen molar-refractivity contribution in [2.75, 3.05) is 19.7 Å². The zero-order valence-corrected chi connectivity index (χ0v) is 24.1. The zero-order valence-electron chi connectivity index (χ0n) is 24.1. The lowest BCUT2D eigenvalue weighted by atomic mass is 9.77. The van der Waals surface area contributed by atoms with Crippen LogP contribution in [-0.2, 0) is 20.9 Å². The molecule has 4 aromatic rings. The van der Waals surface area contributed by atoms with Gasteiger partial charge in [-0.25, -0.2) is 4.39 Å². The number of nitrogens with one attached hydrogen (secondary N) is 1. The number of amides is 1. The average Bonchev–Trinajstić information content (AvgIpc) is 3.49. The van der Waals surface area contributed by atoms with Crippen molar-refractivity contribution >= 4 is 11.9 Å². The molecular weight excluding hydrogens is 535 g/mol. The second kappa shape index (κ2) is 12.7. The van der Waals surface area contributed by atoms with Gasteiger partial charge in [-0.2, -0.15) is 4.98 Å². The largest absolute Gasteiger partial charge is 0.465 e. The molecule has 9 heteroatoms. The number of piperidine rings is 1. The van der Waals surface area contributed by atoms with Gasteiger partial charge in [-0.05, 0) is 56.9 Å². The van der Waals surface area contributed by atoms with Crippen molar-refractivity contribution in [3.63, 3.8) is 0 Å². The molecule has 5 rings (SSSR count). The lowest BCUT2D eigenvalue weighted by molar-refractivity contribution is -0.164. The Morgan fingerprint density at radius 2 is 1.69 bits per heavy atom.